The van der Waals surface area contributed by atoms with E-state index >= 15 is 0 Å². The molecule has 1 aromatic carbocycles. The lowest BCUT2D eigenvalue weighted by molar-refractivity contribution is 0.104. The van der Waals surface area contributed by atoms with Crippen LogP contribution in [0, 0.1) is 0 Å². The summed E-state index contributed by atoms with van der Waals surface area (Å²) in [5.74, 6) is 0. The Labute approximate surface area is 113 Å². The summed E-state index contributed by atoms with van der Waals surface area (Å²) in [5.41, 5.74) is 1.49. The Hall–Kier alpha value is -0.510. The van der Waals surface area contributed by atoms with E-state index in [0.29, 0.717) is 11.3 Å². The molecule has 2 atom stereocenters. The number of benzene rings is 1. The Balaban J connectivity index is 1.40. The van der Waals surface area contributed by atoms with Crippen molar-refractivity contribution in [3.05, 3.63) is 29.8 Å². The molecule has 0 spiro atoms. The zero-order valence-electron chi connectivity index (χ0n) is 10.7. The monoisotopic (exact) mass is 263 g/mol. The van der Waals surface area contributed by atoms with Crippen molar-refractivity contribution in [1.82, 2.24) is 5.32 Å². The molecule has 1 fully saturated rings. The Morgan fingerprint density at radius 2 is 2.17 bits per heavy atom. The van der Waals surface area contributed by atoms with Gasteiger partial charge in [-0.2, -0.15) is 0 Å². The fourth-order valence-corrected chi connectivity index (χ4v) is 4.00. The zero-order chi connectivity index (χ0) is 12.2. The molecule has 0 aromatic heterocycles. The van der Waals surface area contributed by atoms with Crippen LogP contribution in [0.25, 0.3) is 0 Å². The van der Waals surface area contributed by atoms with Crippen LogP contribution in [-0.4, -0.2) is 31.1 Å². The second-order valence-electron chi connectivity index (χ2n) is 5.24. The van der Waals surface area contributed by atoms with Gasteiger partial charge < -0.3 is 10.1 Å². The number of ether oxygens (including phenoxy) is 1. The van der Waals surface area contributed by atoms with E-state index in [2.05, 4.69) is 29.6 Å². The molecule has 1 saturated heterocycles. The normalized spacial score (nSPS) is 27.1. The summed E-state index contributed by atoms with van der Waals surface area (Å²) in [4.78, 5) is 1.45. The van der Waals surface area contributed by atoms with E-state index in [4.69, 9.17) is 4.74 Å². The minimum Gasteiger partial charge on any atom is -0.379 e. The van der Waals surface area contributed by atoms with Crippen molar-refractivity contribution in [3.8, 4) is 0 Å². The van der Waals surface area contributed by atoms with Crippen molar-refractivity contribution < 1.29 is 4.74 Å². The second-order valence-corrected chi connectivity index (χ2v) is 6.58. The molecule has 98 valence electrons. The molecule has 0 radical (unpaired) electrons. The van der Waals surface area contributed by atoms with Gasteiger partial charge in [0.15, 0.2) is 0 Å². The van der Waals surface area contributed by atoms with Crippen LogP contribution in [0.3, 0.4) is 0 Å². The number of hydrogen-bond acceptors (Lipinski definition) is 3. The summed E-state index contributed by atoms with van der Waals surface area (Å²) in [6.07, 6.45) is 5.12. The van der Waals surface area contributed by atoms with Crippen molar-refractivity contribution in [2.45, 2.75) is 41.9 Å². The quantitative estimate of drug-likeness (QED) is 0.902. The molecule has 1 aromatic rings. The highest BCUT2D eigenvalue weighted by atomic mass is 32.2. The Morgan fingerprint density at radius 3 is 3.00 bits per heavy atom. The molecule has 18 heavy (non-hydrogen) atoms. The van der Waals surface area contributed by atoms with Crippen LogP contribution in [0.15, 0.2) is 29.2 Å². The van der Waals surface area contributed by atoms with E-state index < -0.39 is 0 Å². The van der Waals surface area contributed by atoms with E-state index in [-0.39, 0.29) is 0 Å². The molecule has 2 aliphatic heterocycles. The van der Waals surface area contributed by atoms with E-state index in [1.807, 2.05) is 11.8 Å². The highest BCUT2D eigenvalue weighted by Gasteiger charge is 2.22. The zero-order valence-corrected chi connectivity index (χ0v) is 11.5. The topological polar surface area (TPSA) is 21.3 Å². The molecular formula is C15H21NOS. The Kier molecular flexibility index (Phi) is 4.24. The SMILES string of the molecule is c1ccc2c(c1)CC(COCC1CCCCN1)S2. The van der Waals surface area contributed by atoms with Gasteiger partial charge in [0.25, 0.3) is 0 Å². The largest absolute Gasteiger partial charge is 0.379 e. The Morgan fingerprint density at radius 1 is 1.22 bits per heavy atom. The molecule has 3 rings (SSSR count). The van der Waals surface area contributed by atoms with Crippen molar-refractivity contribution in [3.63, 3.8) is 0 Å². The van der Waals surface area contributed by atoms with Crippen LogP contribution in [0.5, 0.6) is 0 Å². The smallest absolute Gasteiger partial charge is 0.0620 e. The molecule has 0 aliphatic carbocycles. The number of thioether (sulfide) groups is 1. The summed E-state index contributed by atoms with van der Waals surface area (Å²) in [7, 11) is 0. The summed E-state index contributed by atoms with van der Waals surface area (Å²) < 4.78 is 5.90. The van der Waals surface area contributed by atoms with Crippen LogP contribution in [0.2, 0.25) is 0 Å². The summed E-state index contributed by atoms with van der Waals surface area (Å²) in [6, 6.07) is 9.32. The maximum Gasteiger partial charge on any atom is 0.0620 e. The number of fused-ring (bicyclic) bond motifs is 1. The summed E-state index contributed by atoms with van der Waals surface area (Å²) >= 11 is 1.98. The molecule has 2 aliphatic rings. The predicted molar refractivity (Wildman–Crippen MR) is 76.3 cm³/mol. The van der Waals surface area contributed by atoms with E-state index in [1.54, 1.807) is 0 Å². The summed E-state index contributed by atoms with van der Waals surface area (Å²) in [6.45, 7) is 2.93. The standard InChI is InChI=1S/C15H21NOS/c1-2-7-15-12(5-1)9-14(18-15)11-17-10-13-6-3-4-8-16-13/h1-2,5,7,13-14,16H,3-4,6,8-11H2. The first-order valence-electron chi connectivity index (χ1n) is 6.97. The highest BCUT2D eigenvalue weighted by molar-refractivity contribution is 8.00. The lowest BCUT2D eigenvalue weighted by Crippen LogP contribution is -2.38. The van der Waals surface area contributed by atoms with Crippen LogP contribution in [-0.2, 0) is 11.2 Å². The van der Waals surface area contributed by atoms with E-state index in [9.17, 15) is 0 Å². The van der Waals surface area contributed by atoms with Gasteiger partial charge in [0.05, 0.1) is 13.2 Å². The lowest BCUT2D eigenvalue weighted by Gasteiger charge is -2.23. The average Bonchev–Trinajstić information content (AvgIpc) is 2.82. The van der Waals surface area contributed by atoms with Gasteiger partial charge in [-0.25, -0.2) is 0 Å². The molecular weight excluding hydrogens is 242 g/mol. The van der Waals surface area contributed by atoms with Crippen LogP contribution in [0.1, 0.15) is 24.8 Å². The maximum absolute atomic E-state index is 5.90. The molecule has 2 unspecified atom stereocenters. The first-order valence-corrected chi connectivity index (χ1v) is 7.85. The van der Waals surface area contributed by atoms with Gasteiger partial charge in [-0.15, -0.1) is 11.8 Å². The fourth-order valence-electron chi connectivity index (χ4n) is 2.75. The Bertz CT molecular complexity index is 365. The third-order valence-corrected chi connectivity index (χ3v) is 5.04. The average molecular weight is 263 g/mol. The van der Waals surface area contributed by atoms with Gasteiger partial charge in [0.1, 0.15) is 0 Å². The van der Waals surface area contributed by atoms with Crippen molar-refractivity contribution in [2.24, 2.45) is 0 Å². The van der Waals surface area contributed by atoms with Gasteiger partial charge in [0.2, 0.25) is 0 Å². The molecule has 1 N–H and O–H groups in total. The van der Waals surface area contributed by atoms with Gasteiger partial charge in [-0.1, -0.05) is 24.6 Å². The summed E-state index contributed by atoms with van der Waals surface area (Å²) in [5, 5.41) is 4.15. The lowest BCUT2D eigenvalue weighted by atomic mass is 10.1. The third-order valence-electron chi connectivity index (χ3n) is 3.75. The minimum atomic E-state index is 0.590. The van der Waals surface area contributed by atoms with Crippen LogP contribution < -0.4 is 5.32 Å². The predicted octanol–water partition coefficient (Wildman–Crippen LogP) is 2.86. The van der Waals surface area contributed by atoms with Crippen molar-refractivity contribution in [1.29, 1.82) is 0 Å². The number of rotatable bonds is 4. The molecule has 0 bridgehead atoms. The first kappa shape index (κ1) is 12.5. The van der Waals surface area contributed by atoms with Gasteiger partial charge in [0, 0.05) is 16.2 Å². The van der Waals surface area contributed by atoms with E-state index in [0.717, 1.165) is 19.8 Å². The van der Waals surface area contributed by atoms with E-state index in [1.165, 1.54) is 36.1 Å². The number of hydrogen-bond donors (Lipinski definition) is 1. The molecule has 2 nitrogen and oxygen atoms in total. The molecule has 0 saturated carbocycles. The molecule has 2 heterocycles. The third kappa shape index (κ3) is 3.08. The molecule has 0 amide bonds. The fraction of sp³-hybridized carbons (Fsp3) is 0.600. The minimum absolute atomic E-state index is 0.590. The van der Waals surface area contributed by atoms with Crippen LogP contribution in [0.4, 0.5) is 0 Å². The highest BCUT2D eigenvalue weighted by Crippen LogP contribution is 2.36. The molecule has 3 heteroatoms. The van der Waals surface area contributed by atoms with Gasteiger partial charge in [-0.05, 0) is 37.4 Å². The maximum atomic E-state index is 5.90. The van der Waals surface area contributed by atoms with Crippen LogP contribution >= 0.6 is 11.8 Å². The second kappa shape index (κ2) is 6.09. The first-order chi connectivity index (χ1) is 8.92. The van der Waals surface area contributed by atoms with Gasteiger partial charge >= 0.3 is 0 Å². The van der Waals surface area contributed by atoms with Crippen molar-refractivity contribution >= 4 is 11.8 Å². The van der Waals surface area contributed by atoms with Crippen molar-refractivity contribution in [2.75, 3.05) is 19.8 Å². The van der Waals surface area contributed by atoms with Gasteiger partial charge in [-0.3, -0.25) is 0 Å². The number of piperidine rings is 1. The number of nitrogens with one attached hydrogen (secondary N) is 1.